The van der Waals surface area contributed by atoms with Crippen LogP contribution in [-0.2, 0) is 14.3 Å². The van der Waals surface area contributed by atoms with Gasteiger partial charge in [0.05, 0.1) is 18.7 Å². The topological polar surface area (TPSA) is 91.7 Å². The van der Waals surface area contributed by atoms with Crippen LogP contribution in [0.25, 0.3) is 0 Å². The van der Waals surface area contributed by atoms with Crippen molar-refractivity contribution in [1.82, 2.24) is 4.90 Å². The van der Waals surface area contributed by atoms with Crippen molar-refractivity contribution in [2.24, 2.45) is 0 Å². The largest absolute Gasteiger partial charge is 0.444 e. The molecule has 1 aliphatic rings. The van der Waals surface area contributed by atoms with Crippen LogP contribution in [0.2, 0.25) is 0 Å². The van der Waals surface area contributed by atoms with Crippen molar-refractivity contribution in [2.75, 3.05) is 25.0 Å². The standard InChI is InChI=1S/C17H20FN3O4/c1-17(2,3)25-16(23)21-6-7-24-14(10-21)15(22)20-12-5-4-11(9-19)13(18)8-12/h4-5,8,14H,6-7,10H2,1-3H3,(H,20,22). The van der Waals surface area contributed by atoms with Crippen molar-refractivity contribution in [3.63, 3.8) is 0 Å². The first-order valence-corrected chi connectivity index (χ1v) is 7.79. The van der Waals surface area contributed by atoms with Crippen LogP contribution in [0, 0.1) is 17.1 Å². The van der Waals surface area contributed by atoms with E-state index in [0.717, 1.165) is 6.07 Å². The normalized spacial score (nSPS) is 17.6. The van der Waals surface area contributed by atoms with Gasteiger partial charge in [-0.2, -0.15) is 5.26 Å². The van der Waals surface area contributed by atoms with Gasteiger partial charge < -0.3 is 19.7 Å². The van der Waals surface area contributed by atoms with E-state index in [-0.39, 0.29) is 24.4 Å². The number of benzene rings is 1. The van der Waals surface area contributed by atoms with E-state index in [1.54, 1.807) is 26.8 Å². The first kappa shape index (κ1) is 18.7. The minimum atomic E-state index is -0.889. The quantitative estimate of drug-likeness (QED) is 0.884. The van der Waals surface area contributed by atoms with E-state index in [1.807, 2.05) is 0 Å². The van der Waals surface area contributed by atoms with Crippen LogP contribution in [-0.4, -0.2) is 48.3 Å². The van der Waals surface area contributed by atoms with Crippen molar-refractivity contribution in [3.8, 4) is 6.07 Å². The average molecular weight is 349 g/mol. The Morgan fingerprint density at radius 3 is 2.76 bits per heavy atom. The summed E-state index contributed by atoms with van der Waals surface area (Å²) in [6.45, 7) is 5.84. The Balaban J connectivity index is 1.99. The molecule has 1 unspecified atom stereocenters. The van der Waals surface area contributed by atoms with Gasteiger partial charge in [-0.25, -0.2) is 9.18 Å². The molecule has 1 N–H and O–H groups in total. The lowest BCUT2D eigenvalue weighted by Crippen LogP contribution is -2.51. The number of carbonyl (C=O) groups excluding carboxylic acids is 2. The monoisotopic (exact) mass is 349 g/mol. The molecule has 0 spiro atoms. The molecule has 8 heteroatoms. The Bertz CT molecular complexity index is 709. The number of halogens is 1. The zero-order valence-corrected chi connectivity index (χ0v) is 14.3. The Morgan fingerprint density at radius 2 is 2.16 bits per heavy atom. The molecule has 7 nitrogen and oxygen atoms in total. The van der Waals surface area contributed by atoms with E-state index in [9.17, 15) is 14.0 Å². The molecule has 1 aliphatic heterocycles. The van der Waals surface area contributed by atoms with Gasteiger partial charge in [0.2, 0.25) is 0 Å². The number of rotatable bonds is 2. The van der Waals surface area contributed by atoms with Crippen LogP contribution in [0.1, 0.15) is 26.3 Å². The second-order valence-corrected chi connectivity index (χ2v) is 6.58. The molecule has 134 valence electrons. The van der Waals surface area contributed by atoms with Crippen LogP contribution in [0.5, 0.6) is 0 Å². The fourth-order valence-electron chi connectivity index (χ4n) is 2.21. The van der Waals surface area contributed by atoms with Gasteiger partial charge in [0.15, 0.2) is 6.10 Å². The second kappa shape index (κ2) is 7.49. The second-order valence-electron chi connectivity index (χ2n) is 6.58. The molecule has 1 saturated heterocycles. The molecule has 0 saturated carbocycles. The lowest BCUT2D eigenvalue weighted by atomic mass is 10.2. The Morgan fingerprint density at radius 1 is 1.44 bits per heavy atom. The summed E-state index contributed by atoms with van der Waals surface area (Å²) in [6.07, 6.45) is -1.40. The molecule has 1 heterocycles. The van der Waals surface area contributed by atoms with Crippen molar-refractivity contribution >= 4 is 17.7 Å². The van der Waals surface area contributed by atoms with E-state index < -0.39 is 29.5 Å². The number of nitrogens with zero attached hydrogens (tertiary/aromatic N) is 2. The number of morpholine rings is 1. The van der Waals surface area contributed by atoms with Crippen LogP contribution < -0.4 is 5.32 Å². The zero-order valence-electron chi connectivity index (χ0n) is 14.3. The van der Waals surface area contributed by atoms with Crippen LogP contribution in [0.3, 0.4) is 0 Å². The molecule has 2 rings (SSSR count). The number of carbonyl (C=O) groups is 2. The first-order valence-electron chi connectivity index (χ1n) is 7.79. The summed E-state index contributed by atoms with van der Waals surface area (Å²) in [6, 6.07) is 5.47. The van der Waals surface area contributed by atoms with E-state index in [1.165, 1.54) is 17.0 Å². The maximum atomic E-state index is 13.6. The summed E-state index contributed by atoms with van der Waals surface area (Å²) < 4.78 is 24.3. The molecule has 1 atom stereocenters. The summed E-state index contributed by atoms with van der Waals surface area (Å²) >= 11 is 0. The maximum absolute atomic E-state index is 13.6. The molecule has 0 bridgehead atoms. The highest BCUT2D eigenvalue weighted by Crippen LogP contribution is 2.17. The minimum Gasteiger partial charge on any atom is -0.444 e. The molecular formula is C17H20FN3O4. The molecule has 0 aromatic heterocycles. The van der Waals surface area contributed by atoms with Gasteiger partial charge in [0.25, 0.3) is 5.91 Å². The third-order valence-electron chi connectivity index (χ3n) is 3.37. The number of amides is 2. The van der Waals surface area contributed by atoms with Crippen LogP contribution in [0.15, 0.2) is 18.2 Å². The Hall–Kier alpha value is -2.66. The molecule has 1 fully saturated rings. The summed E-state index contributed by atoms with van der Waals surface area (Å²) in [7, 11) is 0. The number of anilines is 1. The van der Waals surface area contributed by atoms with Crippen molar-refractivity contribution in [2.45, 2.75) is 32.5 Å². The number of ether oxygens (including phenoxy) is 2. The summed E-state index contributed by atoms with van der Waals surface area (Å²) in [5, 5.41) is 11.2. The highest BCUT2D eigenvalue weighted by atomic mass is 19.1. The highest BCUT2D eigenvalue weighted by molar-refractivity contribution is 5.94. The van der Waals surface area contributed by atoms with Gasteiger partial charge in [-0.3, -0.25) is 4.79 Å². The molecule has 1 aromatic rings. The number of nitriles is 1. The molecule has 1 aromatic carbocycles. The molecule has 25 heavy (non-hydrogen) atoms. The van der Waals surface area contributed by atoms with E-state index in [4.69, 9.17) is 14.7 Å². The van der Waals surface area contributed by atoms with Gasteiger partial charge in [-0.15, -0.1) is 0 Å². The Kier molecular flexibility index (Phi) is 5.59. The van der Waals surface area contributed by atoms with Gasteiger partial charge in [0, 0.05) is 12.2 Å². The predicted octanol–water partition coefficient (Wildman–Crippen LogP) is 2.27. The van der Waals surface area contributed by atoms with E-state index in [0.29, 0.717) is 6.54 Å². The number of hydrogen-bond acceptors (Lipinski definition) is 5. The first-order chi connectivity index (χ1) is 11.7. The van der Waals surface area contributed by atoms with E-state index in [2.05, 4.69) is 5.32 Å². The SMILES string of the molecule is CC(C)(C)OC(=O)N1CCOC(C(=O)Nc2ccc(C#N)c(F)c2)C1. The predicted molar refractivity (Wildman–Crippen MR) is 87.3 cm³/mol. The van der Waals surface area contributed by atoms with E-state index >= 15 is 0 Å². The lowest BCUT2D eigenvalue weighted by molar-refractivity contribution is -0.132. The molecule has 0 aliphatic carbocycles. The van der Waals surface area contributed by atoms with Crippen molar-refractivity contribution in [3.05, 3.63) is 29.6 Å². The number of hydrogen-bond donors (Lipinski definition) is 1. The summed E-state index contributed by atoms with van der Waals surface area (Å²) in [4.78, 5) is 25.8. The molecule has 0 radical (unpaired) electrons. The fourth-order valence-corrected chi connectivity index (χ4v) is 2.21. The average Bonchev–Trinajstić information content (AvgIpc) is 2.53. The maximum Gasteiger partial charge on any atom is 0.410 e. The number of nitrogens with one attached hydrogen (secondary N) is 1. The fraction of sp³-hybridized carbons (Fsp3) is 0.471. The summed E-state index contributed by atoms with van der Waals surface area (Å²) in [5.74, 6) is -1.22. The summed E-state index contributed by atoms with van der Waals surface area (Å²) in [5.41, 5.74) is -0.532. The van der Waals surface area contributed by atoms with Crippen molar-refractivity contribution in [1.29, 1.82) is 5.26 Å². The smallest absolute Gasteiger partial charge is 0.410 e. The molecule has 2 amide bonds. The van der Waals surface area contributed by atoms with Gasteiger partial charge >= 0.3 is 6.09 Å². The Labute approximate surface area is 145 Å². The third-order valence-corrected chi connectivity index (χ3v) is 3.37. The van der Waals surface area contributed by atoms with Gasteiger partial charge in [-0.05, 0) is 39.0 Å². The third kappa shape index (κ3) is 5.16. The van der Waals surface area contributed by atoms with Crippen LogP contribution in [0.4, 0.5) is 14.9 Å². The highest BCUT2D eigenvalue weighted by Gasteiger charge is 2.31. The zero-order chi connectivity index (χ0) is 18.6. The van der Waals surface area contributed by atoms with Crippen molar-refractivity contribution < 1.29 is 23.5 Å². The van der Waals surface area contributed by atoms with Crippen LogP contribution >= 0.6 is 0 Å². The van der Waals surface area contributed by atoms with Gasteiger partial charge in [0.1, 0.15) is 17.5 Å². The molecular weight excluding hydrogens is 329 g/mol. The van der Waals surface area contributed by atoms with Gasteiger partial charge in [-0.1, -0.05) is 0 Å². The minimum absolute atomic E-state index is 0.0412. The lowest BCUT2D eigenvalue weighted by Gasteiger charge is -2.33.